The van der Waals surface area contributed by atoms with E-state index in [2.05, 4.69) is 5.32 Å². The second-order valence-corrected chi connectivity index (χ2v) is 5.48. The van der Waals surface area contributed by atoms with Crippen LogP contribution < -0.4 is 14.8 Å². The Bertz CT molecular complexity index is 658. The highest BCUT2D eigenvalue weighted by molar-refractivity contribution is 7.98. The van der Waals surface area contributed by atoms with E-state index >= 15 is 0 Å². The van der Waals surface area contributed by atoms with Crippen LogP contribution in [0, 0.1) is 0 Å². The summed E-state index contributed by atoms with van der Waals surface area (Å²) in [6.07, 6.45) is 1.98. The first-order valence-electron chi connectivity index (χ1n) is 6.81. The zero-order valence-electron chi connectivity index (χ0n) is 12.9. The van der Waals surface area contributed by atoms with Gasteiger partial charge in [-0.05, 0) is 42.2 Å². The SMILES string of the molecule is COc1cccc(CNC(=O)c2ccc(SC)cc2OC)c1. The second-order valence-electron chi connectivity index (χ2n) is 4.60. The maximum absolute atomic E-state index is 12.3. The van der Waals surface area contributed by atoms with Gasteiger partial charge < -0.3 is 14.8 Å². The Morgan fingerprint density at radius 3 is 2.64 bits per heavy atom. The molecule has 116 valence electrons. The summed E-state index contributed by atoms with van der Waals surface area (Å²) in [6, 6.07) is 13.2. The standard InChI is InChI=1S/C17H19NO3S/c1-20-13-6-4-5-12(9-13)11-18-17(19)15-8-7-14(22-3)10-16(15)21-2/h4-10H,11H2,1-3H3,(H,18,19). The summed E-state index contributed by atoms with van der Waals surface area (Å²) in [5.74, 6) is 1.19. The third-order valence-electron chi connectivity index (χ3n) is 3.24. The normalized spacial score (nSPS) is 10.1. The van der Waals surface area contributed by atoms with Gasteiger partial charge in [0, 0.05) is 11.4 Å². The van der Waals surface area contributed by atoms with Gasteiger partial charge in [0.1, 0.15) is 11.5 Å². The quantitative estimate of drug-likeness (QED) is 0.830. The molecule has 0 aromatic heterocycles. The maximum Gasteiger partial charge on any atom is 0.255 e. The van der Waals surface area contributed by atoms with E-state index < -0.39 is 0 Å². The lowest BCUT2D eigenvalue weighted by Gasteiger charge is -2.11. The number of amides is 1. The number of ether oxygens (including phenoxy) is 2. The van der Waals surface area contributed by atoms with Crippen molar-refractivity contribution in [3.05, 3.63) is 53.6 Å². The lowest BCUT2D eigenvalue weighted by atomic mass is 10.1. The molecule has 2 rings (SSSR count). The molecule has 0 radical (unpaired) electrons. The number of hydrogen-bond acceptors (Lipinski definition) is 4. The first-order chi connectivity index (χ1) is 10.7. The molecule has 0 aliphatic carbocycles. The summed E-state index contributed by atoms with van der Waals surface area (Å²) in [4.78, 5) is 13.4. The molecule has 1 amide bonds. The molecule has 2 aromatic rings. The Labute approximate surface area is 134 Å². The van der Waals surface area contributed by atoms with Gasteiger partial charge in [0.15, 0.2) is 0 Å². The number of nitrogens with one attached hydrogen (secondary N) is 1. The summed E-state index contributed by atoms with van der Waals surface area (Å²) in [7, 11) is 3.19. The number of hydrogen-bond donors (Lipinski definition) is 1. The first-order valence-corrected chi connectivity index (χ1v) is 8.03. The van der Waals surface area contributed by atoms with Crippen molar-refractivity contribution < 1.29 is 14.3 Å². The zero-order chi connectivity index (χ0) is 15.9. The molecular formula is C17H19NO3S. The molecule has 22 heavy (non-hydrogen) atoms. The molecule has 5 heteroatoms. The average molecular weight is 317 g/mol. The van der Waals surface area contributed by atoms with Crippen LogP contribution in [0.1, 0.15) is 15.9 Å². The highest BCUT2D eigenvalue weighted by Crippen LogP contribution is 2.25. The number of methoxy groups -OCH3 is 2. The van der Waals surface area contributed by atoms with Gasteiger partial charge in [0.05, 0.1) is 19.8 Å². The Kier molecular flexibility index (Phi) is 5.72. The van der Waals surface area contributed by atoms with Gasteiger partial charge in [-0.25, -0.2) is 0 Å². The van der Waals surface area contributed by atoms with Crippen LogP contribution in [0.4, 0.5) is 0 Å². The van der Waals surface area contributed by atoms with Gasteiger partial charge in [-0.2, -0.15) is 0 Å². The number of carbonyl (C=O) groups excluding carboxylic acids is 1. The number of carbonyl (C=O) groups is 1. The molecule has 0 saturated heterocycles. The predicted molar refractivity (Wildman–Crippen MR) is 88.9 cm³/mol. The molecule has 0 aliphatic rings. The molecule has 0 saturated carbocycles. The highest BCUT2D eigenvalue weighted by atomic mass is 32.2. The summed E-state index contributed by atoms with van der Waals surface area (Å²) >= 11 is 1.61. The molecule has 0 aliphatic heterocycles. The van der Waals surface area contributed by atoms with Crippen molar-refractivity contribution >= 4 is 17.7 Å². The minimum atomic E-state index is -0.160. The third-order valence-corrected chi connectivity index (χ3v) is 3.97. The molecule has 0 heterocycles. The van der Waals surface area contributed by atoms with Crippen molar-refractivity contribution in [2.45, 2.75) is 11.4 Å². The van der Waals surface area contributed by atoms with Crippen molar-refractivity contribution in [3.8, 4) is 11.5 Å². The van der Waals surface area contributed by atoms with Crippen LogP contribution in [0.25, 0.3) is 0 Å². The molecule has 1 N–H and O–H groups in total. The number of rotatable bonds is 6. The molecular weight excluding hydrogens is 298 g/mol. The van der Waals surface area contributed by atoms with Gasteiger partial charge in [0.25, 0.3) is 5.91 Å². The number of thioether (sulfide) groups is 1. The van der Waals surface area contributed by atoms with Gasteiger partial charge >= 0.3 is 0 Å². The van der Waals surface area contributed by atoms with Crippen LogP contribution in [0.2, 0.25) is 0 Å². The van der Waals surface area contributed by atoms with Crippen molar-refractivity contribution in [2.24, 2.45) is 0 Å². The van der Waals surface area contributed by atoms with Crippen LogP contribution in [0.15, 0.2) is 47.4 Å². The van der Waals surface area contributed by atoms with Gasteiger partial charge in [-0.3, -0.25) is 4.79 Å². The summed E-state index contributed by atoms with van der Waals surface area (Å²) in [5, 5.41) is 2.90. The minimum absolute atomic E-state index is 0.160. The predicted octanol–water partition coefficient (Wildman–Crippen LogP) is 3.36. The molecule has 2 aromatic carbocycles. The van der Waals surface area contributed by atoms with Crippen molar-refractivity contribution in [1.29, 1.82) is 0 Å². The van der Waals surface area contributed by atoms with E-state index in [0.717, 1.165) is 16.2 Å². The Morgan fingerprint density at radius 1 is 1.14 bits per heavy atom. The summed E-state index contributed by atoms with van der Waals surface area (Å²) in [6.45, 7) is 0.434. The van der Waals surface area contributed by atoms with E-state index in [1.807, 2.05) is 42.7 Å². The summed E-state index contributed by atoms with van der Waals surface area (Å²) < 4.78 is 10.5. The molecule has 0 bridgehead atoms. The van der Waals surface area contributed by atoms with Crippen LogP contribution >= 0.6 is 11.8 Å². The molecule has 0 unspecified atom stereocenters. The average Bonchev–Trinajstić information content (AvgIpc) is 2.59. The fourth-order valence-corrected chi connectivity index (χ4v) is 2.48. The lowest BCUT2D eigenvalue weighted by Crippen LogP contribution is -2.23. The van der Waals surface area contributed by atoms with E-state index in [1.165, 1.54) is 0 Å². The first kappa shape index (κ1) is 16.2. The molecule has 0 spiro atoms. The van der Waals surface area contributed by atoms with Gasteiger partial charge in [-0.1, -0.05) is 12.1 Å². The minimum Gasteiger partial charge on any atom is -0.497 e. The zero-order valence-corrected chi connectivity index (χ0v) is 13.7. The van der Waals surface area contributed by atoms with Crippen molar-refractivity contribution in [2.75, 3.05) is 20.5 Å². The second kappa shape index (κ2) is 7.75. The fraction of sp³-hybridized carbons (Fsp3) is 0.235. The summed E-state index contributed by atoms with van der Waals surface area (Å²) in [5.41, 5.74) is 1.51. The lowest BCUT2D eigenvalue weighted by molar-refractivity contribution is 0.0947. The van der Waals surface area contributed by atoms with E-state index in [9.17, 15) is 4.79 Å². The van der Waals surface area contributed by atoms with Crippen molar-refractivity contribution in [3.63, 3.8) is 0 Å². The highest BCUT2D eigenvalue weighted by Gasteiger charge is 2.12. The fourth-order valence-electron chi connectivity index (χ4n) is 2.05. The van der Waals surface area contributed by atoms with E-state index in [0.29, 0.717) is 17.9 Å². The van der Waals surface area contributed by atoms with Gasteiger partial charge in [-0.15, -0.1) is 11.8 Å². The van der Waals surface area contributed by atoms with E-state index in [1.54, 1.807) is 32.0 Å². The molecule has 0 atom stereocenters. The Hall–Kier alpha value is -2.14. The van der Waals surface area contributed by atoms with Crippen LogP contribution in [-0.2, 0) is 6.54 Å². The van der Waals surface area contributed by atoms with Crippen LogP contribution in [0.3, 0.4) is 0 Å². The molecule has 0 fully saturated rings. The monoisotopic (exact) mass is 317 g/mol. The topological polar surface area (TPSA) is 47.6 Å². The van der Waals surface area contributed by atoms with E-state index in [-0.39, 0.29) is 5.91 Å². The Morgan fingerprint density at radius 2 is 1.95 bits per heavy atom. The molecule has 4 nitrogen and oxygen atoms in total. The third kappa shape index (κ3) is 3.95. The smallest absolute Gasteiger partial charge is 0.255 e. The Balaban J connectivity index is 2.08. The van der Waals surface area contributed by atoms with Crippen LogP contribution in [0.5, 0.6) is 11.5 Å². The number of benzene rings is 2. The van der Waals surface area contributed by atoms with E-state index in [4.69, 9.17) is 9.47 Å². The van der Waals surface area contributed by atoms with Crippen molar-refractivity contribution in [1.82, 2.24) is 5.32 Å². The van der Waals surface area contributed by atoms with Gasteiger partial charge in [0.2, 0.25) is 0 Å². The maximum atomic E-state index is 12.3. The van der Waals surface area contributed by atoms with Crippen LogP contribution in [-0.4, -0.2) is 26.4 Å². The largest absolute Gasteiger partial charge is 0.497 e.